The van der Waals surface area contributed by atoms with Crippen LogP contribution in [0.1, 0.15) is 30.6 Å². The molecule has 1 fully saturated rings. The molecule has 1 aliphatic rings. The molecule has 0 aromatic heterocycles. The summed E-state index contributed by atoms with van der Waals surface area (Å²) < 4.78 is 37.6. The molecule has 1 aromatic carbocycles. The summed E-state index contributed by atoms with van der Waals surface area (Å²) in [6, 6.07) is 4.37. The minimum atomic E-state index is -3.74. The highest BCUT2D eigenvalue weighted by Gasteiger charge is 2.29. The molecule has 1 amide bonds. The molecule has 1 N–H and O–H groups in total. The summed E-state index contributed by atoms with van der Waals surface area (Å²) in [5.74, 6) is -0.866. The zero-order valence-electron chi connectivity index (χ0n) is 15.2. The van der Waals surface area contributed by atoms with Crippen molar-refractivity contribution >= 4 is 37.8 Å². The number of amides is 1. The number of carbonyl (C=O) groups excluding carboxylic acids is 2. The summed E-state index contributed by atoms with van der Waals surface area (Å²) in [6.45, 7) is 4.80. The molecule has 1 heterocycles. The lowest BCUT2D eigenvalue weighted by Gasteiger charge is -2.26. The predicted octanol–water partition coefficient (Wildman–Crippen LogP) is 1.54. The Morgan fingerprint density at radius 2 is 1.96 bits per heavy atom. The summed E-state index contributed by atoms with van der Waals surface area (Å²) in [4.78, 5) is 23.8. The molecule has 0 bridgehead atoms. The van der Waals surface area contributed by atoms with E-state index in [9.17, 15) is 18.0 Å². The molecule has 8 nitrogen and oxygen atoms in total. The number of hydrogen-bond acceptors (Lipinski definition) is 6. The van der Waals surface area contributed by atoms with E-state index >= 15 is 0 Å². The van der Waals surface area contributed by atoms with E-state index in [2.05, 4.69) is 21.2 Å². The van der Waals surface area contributed by atoms with Gasteiger partial charge in [-0.15, -0.1) is 0 Å². The van der Waals surface area contributed by atoms with Crippen molar-refractivity contribution in [2.45, 2.75) is 31.3 Å². The molecule has 0 spiro atoms. The standard InChI is InChI=1S/C17H23BrN2O6S/c1-12(2)26-16(21)5-6-19-17(22)13-3-4-14(18)15(11-13)27(23,24)20-7-9-25-10-8-20/h3-4,11-12H,5-10H2,1-2H3,(H,19,22). The van der Waals surface area contributed by atoms with Crippen molar-refractivity contribution in [3.8, 4) is 0 Å². The van der Waals surface area contributed by atoms with Crippen molar-refractivity contribution in [1.29, 1.82) is 0 Å². The van der Waals surface area contributed by atoms with Gasteiger partial charge in [0.1, 0.15) is 0 Å². The molecule has 0 saturated carbocycles. The molecular formula is C17H23BrN2O6S. The Hall–Kier alpha value is -1.49. The molecule has 27 heavy (non-hydrogen) atoms. The molecule has 0 aliphatic carbocycles. The van der Waals surface area contributed by atoms with E-state index in [0.29, 0.717) is 17.7 Å². The lowest BCUT2D eigenvalue weighted by Crippen LogP contribution is -2.40. The van der Waals surface area contributed by atoms with Crippen LogP contribution in [0.4, 0.5) is 0 Å². The first kappa shape index (κ1) is 21.8. The number of halogens is 1. The first-order valence-corrected chi connectivity index (χ1v) is 10.8. The second-order valence-electron chi connectivity index (χ2n) is 6.21. The maximum absolute atomic E-state index is 12.8. The number of nitrogens with zero attached hydrogens (tertiary/aromatic N) is 1. The number of morpholine rings is 1. The van der Waals surface area contributed by atoms with Gasteiger partial charge in [-0.05, 0) is 48.0 Å². The Morgan fingerprint density at radius 1 is 1.30 bits per heavy atom. The number of hydrogen-bond donors (Lipinski definition) is 1. The maximum atomic E-state index is 12.8. The fourth-order valence-electron chi connectivity index (χ4n) is 2.47. The van der Waals surface area contributed by atoms with Crippen LogP contribution in [0.25, 0.3) is 0 Å². The number of sulfonamides is 1. The van der Waals surface area contributed by atoms with Crippen molar-refractivity contribution < 1.29 is 27.5 Å². The molecule has 150 valence electrons. The second kappa shape index (κ2) is 9.63. The number of rotatable bonds is 7. The number of nitrogens with one attached hydrogen (secondary N) is 1. The summed E-state index contributed by atoms with van der Waals surface area (Å²) >= 11 is 3.25. The summed E-state index contributed by atoms with van der Waals surface area (Å²) in [6.07, 6.45) is -0.174. The van der Waals surface area contributed by atoms with E-state index < -0.39 is 21.9 Å². The number of esters is 1. The normalized spacial score (nSPS) is 15.6. The molecule has 2 rings (SSSR count). The van der Waals surface area contributed by atoms with Crippen LogP contribution in [0.2, 0.25) is 0 Å². The van der Waals surface area contributed by atoms with Crippen LogP contribution in [-0.2, 0) is 24.3 Å². The summed E-state index contributed by atoms with van der Waals surface area (Å²) in [7, 11) is -3.74. The van der Waals surface area contributed by atoms with Crippen LogP contribution in [0.15, 0.2) is 27.6 Å². The Morgan fingerprint density at radius 3 is 2.59 bits per heavy atom. The van der Waals surface area contributed by atoms with Crippen molar-refractivity contribution in [2.75, 3.05) is 32.8 Å². The second-order valence-corrected chi connectivity index (χ2v) is 8.97. The van der Waals surface area contributed by atoms with Crippen LogP contribution < -0.4 is 5.32 Å². The smallest absolute Gasteiger partial charge is 0.307 e. The highest BCUT2D eigenvalue weighted by atomic mass is 79.9. The van der Waals surface area contributed by atoms with E-state index in [1.807, 2.05) is 0 Å². The van der Waals surface area contributed by atoms with E-state index in [0.717, 1.165) is 0 Å². The predicted molar refractivity (Wildman–Crippen MR) is 102 cm³/mol. The fraction of sp³-hybridized carbons (Fsp3) is 0.529. The molecule has 1 aliphatic heterocycles. The first-order valence-electron chi connectivity index (χ1n) is 8.57. The zero-order valence-corrected chi connectivity index (χ0v) is 17.6. The third-order valence-electron chi connectivity index (χ3n) is 3.76. The lowest BCUT2D eigenvalue weighted by molar-refractivity contribution is -0.147. The molecule has 0 unspecified atom stereocenters. The summed E-state index contributed by atoms with van der Waals surface area (Å²) in [5.41, 5.74) is 0.197. The van der Waals surface area contributed by atoms with E-state index in [1.54, 1.807) is 13.8 Å². The minimum Gasteiger partial charge on any atom is -0.463 e. The molecule has 1 aromatic rings. The van der Waals surface area contributed by atoms with E-state index in [-0.39, 0.29) is 42.6 Å². The molecule has 10 heteroatoms. The monoisotopic (exact) mass is 462 g/mol. The molecular weight excluding hydrogens is 440 g/mol. The van der Waals surface area contributed by atoms with Gasteiger partial charge in [-0.3, -0.25) is 9.59 Å². The van der Waals surface area contributed by atoms with Gasteiger partial charge in [0.15, 0.2) is 0 Å². The van der Waals surface area contributed by atoms with Crippen LogP contribution >= 0.6 is 15.9 Å². The third-order valence-corrected chi connectivity index (χ3v) is 6.66. The van der Waals surface area contributed by atoms with Gasteiger partial charge >= 0.3 is 5.97 Å². The average molecular weight is 463 g/mol. The van der Waals surface area contributed by atoms with Crippen LogP contribution in [0.3, 0.4) is 0 Å². The SMILES string of the molecule is CC(C)OC(=O)CCNC(=O)c1ccc(Br)c(S(=O)(=O)N2CCOCC2)c1. The zero-order chi connectivity index (χ0) is 20.0. The van der Waals surface area contributed by atoms with E-state index in [4.69, 9.17) is 9.47 Å². The van der Waals surface area contributed by atoms with Gasteiger partial charge < -0.3 is 14.8 Å². The van der Waals surface area contributed by atoms with E-state index in [1.165, 1.54) is 22.5 Å². The number of ether oxygens (including phenoxy) is 2. The van der Waals surface area contributed by atoms with Crippen molar-refractivity contribution in [2.24, 2.45) is 0 Å². The van der Waals surface area contributed by atoms with Gasteiger partial charge in [0.05, 0.1) is 30.6 Å². The van der Waals surface area contributed by atoms with Crippen LogP contribution in [0.5, 0.6) is 0 Å². The Labute approximate surface area is 167 Å². The largest absolute Gasteiger partial charge is 0.463 e. The number of benzene rings is 1. The van der Waals surface area contributed by atoms with Crippen molar-refractivity contribution in [3.05, 3.63) is 28.2 Å². The van der Waals surface area contributed by atoms with Gasteiger partial charge in [-0.25, -0.2) is 8.42 Å². The van der Waals surface area contributed by atoms with Gasteiger partial charge in [0.25, 0.3) is 5.91 Å². The number of carbonyl (C=O) groups is 2. The fourth-order valence-corrected chi connectivity index (χ4v) is 4.83. The summed E-state index contributed by atoms with van der Waals surface area (Å²) in [5, 5.41) is 2.60. The topological polar surface area (TPSA) is 102 Å². The van der Waals surface area contributed by atoms with Gasteiger partial charge in [0.2, 0.25) is 10.0 Å². The average Bonchev–Trinajstić information content (AvgIpc) is 2.62. The third kappa shape index (κ3) is 6.00. The van der Waals surface area contributed by atoms with Crippen molar-refractivity contribution in [3.63, 3.8) is 0 Å². The minimum absolute atomic E-state index is 0.0243. The van der Waals surface area contributed by atoms with Gasteiger partial charge in [-0.2, -0.15) is 4.31 Å². The molecule has 1 saturated heterocycles. The highest BCUT2D eigenvalue weighted by Crippen LogP contribution is 2.27. The first-order chi connectivity index (χ1) is 12.7. The highest BCUT2D eigenvalue weighted by molar-refractivity contribution is 9.10. The Bertz CT molecular complexity index is 791. The van der Waals surface area contributed by atoms with Gasteiger partial charge in [-0.1, -0.05) is 0 Å². The van der Waals surface area contributed by atoms with Crippen LogP contribution in [0, 0.1) is 0 Å². The van der Waals surface area contributed by atoms with Crippen molar-refractivity contribution in [1.82, 2.24) is 9.62 Å². The molecule has 0 atom stereocenters. The van der Waals surface area contributed by atoms with Crippen LogP contribution in [-0.4, -0.2) is 63.6 Å². The maximum Gasteiger partial charge on any atom is 0.307 e. The quantitative estimate of drug-likeness (QED) is 0.616. The lowest BCUT2D eigenvalue weighted by atomic mass is 10.2. The Balaban J connectivity index is 2.07. The Kier molecular flexibility index (Phi) is 7.78. The molecule has 0 radical (unpaired) electrons. The van der Waals surface area contributed by atoms with Gasteiger partial charge in [0, 0.05) is 29.7 Å².